The van der Waals surface area contributed by atoms with Gasteiger partial charge in [-0.15, -0.1) is 0 Å². The average molecular weight is 318 g/mol. The second-order valence-corrected chi connectivity index (χ2v) is 6.51. The summed E-state index contributed by atoms with van der Waals surface area (Å²) in [5.74, 6) is -0.700. The van der Waals surface area contributed by atoms with Crippen LogP contribution in [0, 0.1) is 18.8 Å². The van der Waals surface area contributed by atoms with E-state index in [0.717, 1.165) is 37.1 Å². The monoisotopic (exact) mass is 318 g/mol. The van der Waals surface area contributed by atoms with Crippen LogP contribution in [0.2, 0.25) is 0 Å². The number of hydrogen-bond acceptors (Lipinski definition) is 3. The number of nitrogens with zero attached hydrogens (tertiary/aromatic N) is 1. The normalized spacial score (nSPS) is 13.7. The average Bonchev–Trinajstić information content (AvgIpc) is 2.47. The van der Waals surface area contributed by atoms with Gasteiger partial charge >= 0.3 is 0 Å². The highest BCUT2D eigenvalue weighted by molar-refractivity contribution is 6.06. The van der Waals surface area contributed by atoms with E-state index in [2.05, 4.69) is 17.1 Å². The first kappa shape index (κ1) is 19.4. The number of anilines is 1. The summed E-state index contributed by atoms with van der Waals surface area (Å²) in [5.41, 5.74) is 1.79. The van der Waals surface area contributed by atoms with Gasteiger partial charge in [-0.1, -0.05) is 31.5 Å². The lowest BCUT2D eigenvalue weighted by molar-refractivity contribution is -0.132. The molecule has 2 atom stereocenters. The molecular formula is C19H30N2O2. The van der Waals surface area contributed by atoms with Gasteiger partial charge in [0.1, 0.15) is 5.78 Å². The van der Waals surface area contributed by atoms with Crippen LogP contribution in [0.15, 0.2) is 24.3 Å². The first-order chi connectivity index (χ1) is 10.9. The summed E-state index contributed by atoms with van der Waals surface area (Å²) >= 11 is 0. The smallest absolute Gasteiger partial charge is 0.235 e. The van der Waals surface area contributed by atoms with E-state index in [4.69, 9.17) is 0 Å². The van der Waals surface area contributed by atoms with Crippen LogP contribution in [0.1, 0.15) is 38.7 Å². The number of Topliss-reactive ketones (excluding diaryl/α,β-unsaturated/α-hetero) is 1. The van der Waals surface area contributed by atoms with Crippen LogP contribution >= 0.6 is 0 Å². The second-order valence-electron chi connectivity index (χ2n) is 6.51. The number of rotatable bonds is 9. The van der Waals surface area contributed by atoms with Gasteiger partial charge in [-0.25, -0.2) is 0 Å². The first-order valence-electron chi connectivity index (χ1n) is 8.38. The minimum Gasteiger partial charge on any atom is -0.325 e. The summed E-state index contributed by atoms with van der Waals surface area (Å²) in [7, 11) is 4.07. The van der Waals surface area contributed by atoms with Gasteiger partial charge in [-0.3, -0.25) is 9.59 Å². The molecule has 128 valence electrons. The summed E-state index contributed by atoms with van der Waals surface area (Å²) in [5, 5.41) is 2.94. The van der Waals surface area contributed by atoms with Crippen LogP contribution < -0.4 is 5.32 Å². The lowest BCUT2D eigenvalue weighted by Gasteiger charge is -2.24. The highest BCUT2D eigenvalue weighted by Crippen LogP contribution is 2.25. The van der Waals surface area contributed by atoms with Crippen molar-refractivity contribution >= 4 is 17.4 Å². The van der Waals surface area contributed by atoms with Crippen molar-refractivity contribution in [1.82, 2.24) is 4.90 Å². The van der Waals surface area contributed by atoms with Gasteiger partial charge < -0.3 is 10.2 Å². The van der Waals surface area contributed by atoms with Crippen LogP contribution in [0.4, 0.5) is 5.69 Å². The fourth-order valence-corrected chi connectivity index (χ4v) is 2.93. The summed E-state index contributed by atoms with van der Waals surface area (Å²) in [6, 6.07) is 7.65. The zero-order chi connectivity index (χ0) is 17.4. The molecule has 0 aliphatic carbocycles. The maximum absolute atomic E-state index is 12.7. The SMILES string of the molecule is CCC(CCCN(C)C)C(C(C)=O)C(=O)Nc1ccccc1C. The Balaban J connectivity index is 2.80. The molecule has 23 heavy (non-hydrogen) atoms. The lowest BCUT2D eigenvalue weighted by Crippen LogP contribution is -2.35. The molecule has 0 heterocycles. The molecule has 1 aromatic rings. The van der Waals surface area contributed by atoms with Crippen molar-refractivity contribution in [1.29, 1.82) is 0 Å². The number of nitrogens with one attached hydrogen (secondary N) is 1. The summed E-state index contributed by atoms with van der Waals surface area (Å²) in [6.45, 7) is 6.50. The predicted octanol–water partition coefficient (Wildman–Crippen LogP) is 3.51. The van der Waals surface area contributed by atoms with E-state index in [-0.39, 0.29) is 17.6 Å². The Morgan fingerprint density at radius 2 is 1.87 bits per heavy atom. The molecule has 1 rings (SSSR count). The topological polar surface area (TPSA) is 49.4 Å². The van der Waals surface area contributed by atoms with E-state index in [0.29, 0.717) is 0 Å². The van der Waals surface area contributed by atoms with Gasteiger partial charge in [0.05, 0.1) is 5.92 Å². The molecule has 0 aliphatic heterocycles. The zero-order valence-electron chi connectivity index (χ0n) is 15.1. The Morgan fingerprint density at radius 1 is 1.22 bits per heavy atom. The largest absolute Gasteiger partial charge is 0.325 e. The quantitative estimate of drug-likeness (QED) is 0.709. The van der Waals surface area contributed by atoms with Gasteiger partial charge in [0.25, 0.3) is 0 Å². The standard InChI is InChI=1S/C19H30N2O2/c1-6-16(11-9-13-21(4)5)18(15(3)22)19(23)20-17-12-8-7-10-14(17)2/h7-8,10,12,16,18H,6,9,11,13H2,1-5H3,(H,20,23). The maximum atomic E-state index is 12.7. The van der Waals surface area contributed by atoms with Crippen molar-refractivity contribution in [2.45, 2.75) is 40.0 Å². The molecule has 1 amide bonds. The molecule has 0 aliphatic rings. The molecule has 0 saturated carbocycles. The molecular weight excluding hydrogens is 288 g/mol. The Kier molecular flexibility index (Phi) is 7.96. The molecule has 0 aromatic heterocycles. The molecule has 4 heteroatoms. The number of amides is 1. The minimum atomic E-state index is -0.568. The third kappa shape index (κ3) is 6.14. The number of hydrogen-bond donors (Lipinski definition) is 1. The Labute approximate surface area is 140 Å². The van der Waals surface area contributed by atoms with Gasteiger partial charge in [0.15, 0.2) is 0 Å². The molecule has 0 radical (unpaired) electrons. The first-order valence-corrected chi connectivity index (χ1v) is 8.38. The summed E-state index contributed by atoms with van der Waals surface area (Å²) in [6.07, 6.45) is 2.71. The number of para-hydroxylation sites is 1. The number of carbonyl (C=O) groups excluding carboxylic acids is 2. The molecule has 0 fully saturated rings. The summed E-state index contributed by atoms with van der Waals surface area (Å²) in [4.78, 5) is 26.9. The van der Waals surface area contributed by atoms with Gasteiger partial charge in [-0.2, -0.15) is 0 Å². The fourth-order valence-electron chi connectivity index (χ4n) is 2.93. The molecule has 1 N–H and O–H groups in total. The fraction of sp³-hybridized carbons (Fsp3) is 0.579. The highest BCUT2D eigenvalue weighted by atomic mass is 16.2. The van der Waals surface area contributed by atoms with Gasteiger partial charge in [0.2, 0.25) is 5.91 Å². The minimum absolute atomic E-state index is 0.0483. The van der Waals surface area contributed by atoms with Crippen molar-refractivity contribution in [3.05, 3.63) is 29.8 Å². The Morgan fingerprint density at radius 3 is 2.39 bits per heavy atom. The molecule has 0 saturated heterocycles. The van der Waals surface area contributed by atoms with E-state index in [1.807, 2.05) is 45.3 Å². The van der Waals surface area contributed by atoms with Gasteiger partial charge in [0, 0.05) is 5.69 Å². The number of carbonyl (C=O) groups is 2. The zero-order valence-corrected chi connectivity index (χ0v) is 15.1. The van der Waals surface area contributed by atoms with Crippen molar-refractivity contribution in [2.75, 3.05) is 26.0 Å². The van der Waals surface area contributed by atoms with Crippen LogP contribution in [0.25, 0.3) is 0 Å². The van der Waals surface area contributed by atoms with E-state index in [9.17, 15) is 9.59 Å². The van der Waals surface area contributed by atoms with E-state index in [1.54, 1.807) is 0 Å². The molecule has 0 spiro atoms. The maximum Gasteiger partial charge on any atom is 0.235 e. The third-order valence-electron chi connectivity index (χ3n) is 4.30. The van der Waals surface area contributed by atoms with Crippen LogP contribution in [-0.4, -0.2) is 37.2 Å². The van der Waals surface area contributed by atoms with Crippen LogP contribution in [-0.2, 0) is 9.59 Å². The number of ketones is 1. The van der Waals surface area contributed by atoms with E-state index in [1.165, 1.54) is 6.92 Å². The van der Waals surface area contributed by atoms with Crippen molar-refractivity contribution < 1.29 is 9.59 Å². The second kappa shape index (κ2) is 9.46. The van der Waals surface area contributed by atoms with E-state index < -0.39 is 5.92 Å². The predicted molar refractivity (Wildman–Crippen MR) is 95.5 cm³/mol. The lowest BCUT2D eigenvalue weighted by atomic mass is 9.83. The highest BCUT2D eigenvalue weighted by Gasteiger charge is 2.31. The van der Waals surface area contributed by atoms with Crippen molar-refractivity contribution in [2.24, 2.45) is 11.8 Å². The van der Waals surface area contributed by atoms with Crippen molar-refractivity contribution in [3.63, 3.8) is 0 Å². The third-order valence-corrected chi connectivity index (χ3v) is 4.30. The molecule has 4 nitrogen and oxygen atoms in total. The number of aryl methyl sites for hydroxylation is 1. The number of benzene rings is 1. The Bertz CT molecular complexity index is 526. The van der Waals surface area contributed by atoms with Crippen molar-refractivity contribution in [3.8, 4) is 0 Å². The summed E-state index contributed by atoms with van der Waals surface area (Å²) < 4.78 is 0. The molecule has 0 bridgehead atoms. The molecule has 1 aromatic carbocycles. The van der Waals surface area contributed by atoms with Gasteiger partial charge in [-0.05, 0) is 64.9 Å². The van der Waals surface area contributed by atoms with Crippen LogP contribution in [0.3, 0.4) is 0 Å². The van der Waals surface area contributed by atoms with Crippen LogP contribution in [0.5, 0.6) is 0 Å². The molecule has 2 unspecified atom stereocenters. The Hall–Kier alpha value is -1.68. The van der Waals surface area contributed by atoms with E-state index >= 15 is 0 Å².